The van der Waals surface area contributed by atoms with Crippen molar-refractivity contribution in [2.75, 3.05) is 13.2 Å². The summed E-state index contributed by atoms with van der Waals surface area (Å²) in [4.78, 5) is 28.9. The maximum absolute atomic E-state index is 11.1. The van der Waals surface area contributed by atoms with Gasteiger partial charge in [-0.2, -0.15) is 0 Å². The van der Waals surface area contributed by atoms with Crippen LogP contribution in [-0.2, 0) is 14.4 Å². The van der Waals surface area contributed by atoms with Crippen LogP contribution in [0.4, 0.5) is 0 Å². The molecule has 0 N–H and O–H groups in total. The Morgan fingerprint density at radius 3 is 2.94 bits per heavy atom. The SMILES string of the molecule is CCC[C@H]1C/C(=N/OCC(=O)CC)CCN1C=O. The van der Waals surface area contributed by atoms with Crippen LogP contribution in [0, 0.1) is 0 Å². The smallest absolute Gasteiger partial charge is 0.209 e. The standard InChI is InChI=1S/C13H22N2O3/c1-3-5-12-8-11(6-7-15(12)10-16)14-18-9-13(17)4-2/h10,12H,3-9H2,1-2H3/b14-11+/t12-/m0/s1. The van der Waals surface area contributed by atoms with E-state index in [1.807, 2.05) is 4.90 Å². The van der Waals surface area contributed by atoms with Gasteiger partial charge in [0, 0.05) is 31.8 Å². The van der Waals surface area contributed by atoms with Gasteiger partial charge in [-0.1, -0.05) is 25.4 Å². The van der Waals surface area contributed by atoms with E-state index in [1.54, 1.807) is 6.92 Å². The fourth-order valence-corrected chi connectivity index (χ4v) is 2.05. The molecule has 0 aliphatic carbocycles. The van der Waals surface area contributed by atoms with Crippen molar-refractivity contribution < 1.29 is 14.4 Å². The summed E-state index contributed by atoms with van der Waals surface area (Å²) in [5, 5.41) is 4.03. The summed E-state index contributed by atoms with van der Waals surface area (Å²) >= 11 is 0. The molecule has 0 aromatic heterocycles. The number of carbonyl (C=O) groups is 2. The summed E-state index contributed by atoms with van der Waals surface area (Å²) in [5.41, 5.74) is 0.954. The van der Waals surface area contributed by atoms with Crippen molar-refractivity contribution in [1.82, 2.24) is 4.90 Å². The summed E-state index contributed by atoms with van der Waals surface area (Å²) in [7, 11) is 0. The predicted octanol–water partition coefficient (Wildman–Crippen LogP) is 1.76. The van der Waals surface area contributed by atoms with Gasteiger partial charge in [0.05, 0.1) is 5.71 Å². The van der Waals surface area contributed by atoms with Crippen LogP contribution in [0.5, 0.6) is 0 Å². The van der Waals surface area contributed by atoms with Gasteiger partial charge < -0.3 is 9.74 Å². The first-order chi connectivity index (χ1) is 8.71. The van der Waals surface area contributed by atoms with Gasteiger partial charge in [-0.05, 0) is 6.42 Å². The fraction of sp³-hybridized carbons (Fsp3) is 0.769. The van der Waals surface area contributed by atoms with E-state index in [4.69, 9.17) is 4.84 Å². The molecule has 18 heavy (non-hydrogen) atoms. The number of carbonyl (C=O) groups excluding carboxylic acids is 2. The van der Waals surface area contributed by atoms with Crippen LogP contribution in [0.3, 0.4) is 0 Å². The zero-order valence-corrected chi connectivity index (χ0v) is 11.2. The van der Waals surface area contributed by atoms with Crippen molar-refractivity contribution in [2.24, 2.45) is 5.16 Å². The normalized spacial score (nSPS) is 22.0. The van der Waals surface area contributed by atoms with Gasteiger partial charge >= 0.3 is 0 Å². The number of amides is 1. The molecule has 0 bridgehead atoms. The summed E-state index contributed by atoms with van der Waals surface area (Å²) in [6.07, 6.45) is 4.90. The molecule has 1 aliphatic rings. The Morgan fingerprint density at radius 2 is 2.33 bits per heavy atom. The van der Waals surface area contributed by atoms with E-state index in [0.29, 0.717) is 13.0 Å². The average molecular weight is 254 g/mol. The van der Waals surface area contributed by atoms with E-state index in [0.717, 1.165) is 37.8 Å². The van der Waals surface area contributed by atoms with E-state index >= 15 is 0 Å². The van der Waals surface area contributed by atoms with E-state index < -0.39 is 0 Å². The lowest BCUT2D eigenvalue weighted by Crippen LogP contribution is -2.41. The Balaban J connectivity index is 2.46. The summed E-state index contributed by atoms with van der Waals surface area (Å²) < 4.78 is 0. The van der Waals surface area contributed by atoms with Gasteiger partial charge in [0.15, 0.2) is 12.4 Å². The van der Waals surface area contributed by atoms with Gasteiger partial charge in [-0.25, -0.2) is 0 Å². The number of Topliss-reactive ketones (excluding diaryl/α,β-unsaturated/α-hetero) is 1. The minimum absolute atomic E-state index is 0.0507. The monoisotopic (exact) mass is 254 g/mol. The molecule has 5 heteroatoms. The topological polar surface area (TPSA) is 59.0 Å². The zero-order valence-electron chi connectivity index (χ0n) is 11.2. The second kappa shape index (κ2) is 7.84. The van der Waals surface area contributed by atoms with E-state index in [2.05, 4.69) is 12.1 Å². The van der Waals surface area contributed by atoms with Crippen LogP contribution in [0.15, 0.2) is 5.16 Å². The summed E-state index contributed by atoms with van der Waals surface area (Å²) in [6.45, 7) is 4.65. The molecule has 0 saturated carbocycles. The molecule has 102 valence electrons. The molecular formula is C13H22N2O3. The van der Waals surface area contributed by atoms with Gasteiger partial charge in [-0.15, -0.1) is 0 Å². The first-order valence-corrected chi connectivity index (χ1v) is 6.61. The average Bonchev–Trinajstić information content (AvgIpc) is 2.39. The quantitative estimate of drug-likeness (QED) is 0.514. The second-order valence-corrected chi connectivity index (χ2v) is 4.56. The molecule has 1 fully saturated rings. The third-order valence-corrected chi connectivity index (χ3v) is 3.17. The van der Waals surface area contributed by atoms with Crippen LogP contribution < -0.4 is 0 Å². The third-order valence-electron chi connectivity index (χ3n) is 3.17. The molecule has 0 aromatic rings. The van der Waals surface area contributed by atoms with Crippen LogP contribution in [0.1, 0.15) is 46.0 Å². The van der Waals surface area contributed by atoms with Gasteiger partial charge in [0.25, 0.3) is 0 Å². The predicted molar refractivity (Wildman–Crippen MR) is 69.4 cm³/mol. The summed E-state index contributed by atoms with van der Waals surface area (Å²) in [6, 6.07) is 0.227. The fourth-order valence-electron chi connectivity index (χ4n) is 2.05. The Kier molecular flexibility index (Phi) is 6.39. The maximum Gasteiger partial charge on any atom is 0.209 e. The molecule has 1 rings (SSSR count). The van der Waals surface area contributed by atoms with Crippen molar-refractivity contribution in [2.45, 2.75) is 52.0 Å². The van der Waals surface area contributed by atoms with Gasteiger partial charge in [-0.3, -0.25) is 9.59 Å². The van der Waals surface area contributed by atoms with Crippen molar-refractivity contribution >= 4 is 17.9 Å². The third kappa shape index (κ3) is 4.47. The van der Waals surface area contributed by atoms with Crippen molar-refractivity contribution in [3.63, 3.8) is 0 Å². The lowest BCUT2D eigenvalue weighted by atomic mass is 9.97. The molecule has 1 atom stereocenters. The molecule has 1 heterocycles. The van der Waals surface area contributed by atoms with Crippen LogP contribution in [-0.4, -0.2) is 42.0 Å². The largest absolute Gasteiger partial charge is 0.388 e. The summed E-state index contributed by atoms with van der Waals surface area (Å²) in [5.74, 6) is 0.0507. The number of hydrogen-bond acceptors (Lipinski definition) is 4. The van der Waals surface area contributed by atoms with E-state index in [-0.39, 0.29) is 18.4 Å². The van der Waals surface area contributed by atoms with Crippen LogP contribution >= 0.6 is 0 Å². The maximum atomic E-state index is 11.1. The van der Waals surface area contributed by atoms with Crippen LogP contribution in [0.25, 0.3) is 0 Å². The molecule has 0 radical (unpaired) electrons. The number of oxime groups is 1. The Labute approximate surface area is 108 Å². The number of nitrogens with zero attached hydrogens (tertiary/aromatic N) is 2. The minimum Gasteiger partial charge on any atom is -0.388 e. The number of hydrogen-bond donors (Lipinski definition) is 0. The number of likely N-dealkylation sites (tertiary alicyclic amines) is 1. The molecule has 5 nitrogen and oxygen atoms in total. The van der Waals surface area contributed by atoms with Crippen molar-refractivity contribution in [3.05, 3.63) is 0 Å². The molecule has 1 saturated heterocycles. The van der Waals surface area contributed by atoms with Gasteiger partial charge in [0.2, 0.25) is 6.41 Å². The number of piperidine rings is 1. The highest BCUT2D eigenvalue weighted by Gasteiger charge is 2.24. The van der Waals surface area contributed by atoms with Crippen molar-refractivity contribution in [3.8, 4) is 0 Å². The second-order valence-electron chi connectivity index (χ2n) is 4.56. The highest BCUT2D eigenvalue weighted by Crippen LogP contribution is 2.18. The van der Waals surface area contributed by atoms with E-state index in [9.17, 15) is 9.59 Å². The van der Waals surface area contributed by atoms with E-state index in [1.165, 1.54) is 0 Å². The highest BCUT2D eigenvalue weighted by molar-refractivity contribution is 5.86. The molecular weight excluding hydrogens is 232 g/mol. The first kappa shape index (κ1) is 14.7. The number of rotatable bonds is 7. The Morgan fingerprint density at radius 1 is 1.56 bits per heavy atom. The van der Waals surface area contributed by atoms with Crippen molar-refractivity contribution in [1.29, 1.82) is 0 Å². The van der Waals surface area contributed by atoms with Crippen LogP contribution in [0.2, 0.25) is 0 Å². The molecule has 1 aliphatic heterocycles. The molecule has 0 aromatic carbocycles. The first-order valence-electron chi connectivity index (χ1n) is 6.61. The highest BCUT2D eigenvalue weighted by atomic mass is 16.6. The lowest BCUT2D eigenvalue weighted by Gasteiger charge is -2.33. The lowest BCUT2D eigenvalue weighted by molar-refractivity contribution is -0.123. The Bertz CT molecular complexity index is 315. The molecule has 0 unspecified atom stereocenters. The minimum atomic E-state index is 0.0507. The number of ketones is 1. The molecule has 0 spiro atoms. The van der Waals surface area contributed by atoms with Gasteiger partial charge in [0.1, 0.15) is 0 Å². The zero-order chi connectivity index (χ0) is 13.4. The Hall–Kier alpha value is -1.39. The molecule has 1 amide bonds.